The van der Waals surface area contributed by atoms with E-state index in [0.717, 1.165) is 31.2 Å². The van der Waals surface area contributed by atoms with Gasteiger partial charge in [-0.15, -0.1) is 4.98 Å². The molecule has 4 heterocycles. The summed E-state index contributed by atoms with van der Waals surface area (Å²) in [7, 11) is 1.67. The summed E-state index contributed by atoms with van der Waals surface area (Å²) in [6.45, 7) is 12.9. The van der Waals surface area contributed by atoms with Crippen molar-refractivity contribution in [2.45, 2.75) is 63.6 Å². The van der Waals surface area contributed by atoms with Crippen molar-refractivity contribution in [3.8, 4) is 0 Å². The van der Waals surface area contributed by atoms with Crippen molar-refractivity contribution in [2.24, 2.45) is 7.05 Å². The Morgan fingerprint density at radius 1 is 1.05 bits per heavy atom. The fourth-order valence-electron chi connectivity index (χ4n) is 5.71. The second-order valence-electron chi connectivity index (χ2n) is 10.6. The molecule has 1 aromatic carbocycles. The molecule has 0 N–H and O–H groups in total. The number of rotatable bonds is 7. The summed E-state index contributed by atoms with van der Waals surface area (Å²) in [5, 5.41) is 4.40. The number of piperazine rings is 1. The van der Waals surface area contributed by atoms with Crippen LogP contribution >= 0.6 is 0 Å². The predicted octanol–water partition coefficient (Wildman–Crippen LogP) is 4.75. The third-order valence-electron chi connectivity index (χ3n) is 8.13. The molecule has 0 spiro atoms. The first-order chi connectivity index (χ1) is 19.4. The van der Waals surface area contributed by atoms with Crippen LogP contribution in [-0.2, 0) is 7.05 Å². The first-order valence-corrected chi connectivity index (χ1v) is 13.8. The number of aromatic nitrogens is 5. The molecule has 3 atom stereocenters. The summed E-state index contributed by atoms with van der Waals surface area (Å²) >= 11 is 0. The number of benzene rings is 1. The Labute approximate surface area is 231 Å². The molecule has 3 aromatic heterocycles. The summed E-state index contributed by atoms with van der Waals surface area (Å²) < 4.78 is 21.1. The van der Waals surface area contributed by atoms with E-state index in [4.69, 9.17) is 16.1 Å². The molecule has 1 aliphatic heterocycles. The molecule has 1 unspecified atom stereocenters. The normalized spacial score (nSPS) is 20.5. The predicted molar refractivity (Wildman–Crippen MR) is 148 cm³/mol. The van der Waals surface area contributed by atoms with Crippen molar-refractivity contribution in [3.05, 3.63) is 81.4 Å². The van der Waals surface area contributed by atoms with Crippen LogP contribution in [0.2, 0.25) is 0 Å². The van der Waals surface area contributed by atoms with Crippen molar-refractivity contribution < 1.29 is 8.91 Å². The molecule has 4 aromatic rings. The molecule has 2 aliphatic rings. The maximum atomic E-state index is 13.9. The first kappa shape index (κ1) is 26.1. The fraction of sp³-hybridized carbons (Fsp3) is 0.448. The molecule has 0 bridgehead atoms. The molecular weight excluding hydrogens is 511 g/mol. The van der Waals surface area contributed by atoms with Gasteiger partial charge in [0, 0.05) is 38.1 Å². The Morgan fingerprint density at radius 2 is 1.80 bits per heavy atom. The lowest BCUT2D eigenvalue weighted by atomic mass is 9.95. The molecule has 10 nitrogen and oxygen atoms in total. The Bertz CT molecular complexity index is 1640. The van der Waals surface area contributed by atoms with Crippen molar-refractivity contribution in [2.75, 3.05) is 18.0 Å². The van der Waals surface area contributed by atoms with Crippen molar-refractivity contribution in [1.29, 1.82) is 0 Å². The average molecular weight is 543 g/mol. The standard InChI is InChI=1S/C29H31FN8O2/c1-5-20-16-38(27-24-22(36(4)29(39)34-27)13-14-23(31-3)32-24)21(6-2)15-37(20)25(17-9-11-19(30)12-10-17)26-33-28(40-35-26)18-7-8-18/h9-14,18,20-21,25H,5-8,15-16H2,1-2,4H3/t20-,21+,25?/m1/s1. The highest BCUT2D eigenvalue weighted by Crippen LogP contribution is 2.41. The monoisotopic (exact) mass is 542 g/mol. The Kier molecular flexibility index (Phi) is 6.80. The summed E-state index contributed by atoms with van der Waals surface area (Å²) in [5.74, 6) is 2.03. The van der Waals surface area contributed by atoms with Gasteiger partial charge in [0.1, 0.15) is 5.82 Å². The van der Waals surface area contributed by atoms with Crippen LogP contribution < -0.4 is 10.6 Å². The topological polar surface area (TPSA) is 97.5 Å². The Morgan fingerprint density at radius 3 is 2.48 bits per heavy atom. The van der Waals surface area contributed by atoms with Gasteiger partial charge in [-0.25, -0.2) is 9.18 Å². The number of nitrogens with zero attached hydrogens (tertiary/aromatic N) is 8. The van der Waals surface area contributed by atoms with E-state index in [1.807, 2.05) is 0 Å². The highest BCUT2D eigenvalue weighted by Gasteiger charge is 2.41. The zero-order valence-electron chi connectivity index (χ0n) is 22.8. The minimum atomic E-state index is -0.367. The third kappa shape index (κ3) is 4.62. The van der Waals surface area contributed by atoms with Crippen molar-refractivity contribution in [3.63, 3.8) is 0 Å². The molecule has 206 valence electrons. The van der Waals surface area contributed by atoms with Gasteiger partial charge >= 0.3 is 5.69 Å². The fourth-order valence-corrected chi connectivity index (χ4v) is 5.71. The van der Waals surface area contributed by atoms with Gasteiger partial charge in [0.05, 0.1) is 11.6 Å². The number of hydrogen-bond acceptors (Lipinski definition) is 8. The summed E-state index contributed by atoms with van der Waals surface area (Å²) in [6.07, 6.45) is 3.69. The molecule has 1 saturated carbocycles. The van der Waals surface area contributed by atoms with Crippen LogP contribution in [0, 0.1) is 12.4 Å². The van der Waals surface area contributed by atoms with Gasteiger partial charge < -0.3 is 14.3 Å². The number of halogens is 1. The molecule has 11 heteroatoms. The highest BCUT2D eigenvalue weighted by molar-refractivity contribution is 5.87. The van der Waals surface area contributed by atoms with E-state index >= 15 is 0 Å². The number of hydrogen-bond donors (Lipinski definition) is 0. The average Bonchev–Trinajstić information content (AvgIpc) is 3.72. The van der Waals surface area contributed by atoms with Crippen LogP contribution in [0.4, 0.5) is 16.0 Å². The second kappa shape index (κ2) is 10.4. The number of anilines is 1. The van der Waals surface area contributed by atoms with Crippen LogP contribution in [0.1, 0.15) is 68.8 Å². The summed E-state index contributed by atoms with van der Waals surface area (Å²) in [6, 6.07) is 9.60. The van der Waals surface area contributed by atoms with Crippen LogP contribution in [0.3, 0.4) is 0 Å². The lowest BCUT2D eigenvalue weighted by Gasteiger charge is -2.48. The van der Waals surface area contributed by atoms with Crippen LogP contribution in [0.25, 0.3) is 15.9 Å². The molecule has 1 saturated heterocycles. The van der Waals surface area contributed by atoms with Gasteiger partial charge in [-0.1, -0.05) is 37.7 Å². The maximum absolute atomic E-state index is 13.9. The van der Waals surface area contributed by atoms with E-state index in [2.05, 4.69) is 43.6 Å². The minimum absolute atomic E-state index is 0.0123. The van der Waals surface area contributed by atoms with Gasteiger partial charge in [-0.2, -0.15) is 9.97 Å². The zero-order chi connectivity index (χ0) is 28.0. The van der Waals surface area contributed by atoms with Gasteiger partial charge in [-0.3, -0.25) is 9.47 Å². The number of fused-ring (bicyclic) bond motifs is 1. The minimum Gasteiger partial charge on any atom is -0.361 e. The van der Waals surface area contributed by atoms with E-state index in [1.54, 1.807) is 31.3 Å². The van der Waals surface area contributed by atoms with E-state index in [9.17, 15) is 9.18 Å². The van der Waals surface area contributed by atoms with Gasteiger partial charge in [0.25, 0.3) is 5.82 Å². The number of pyridine rings is 1. The maximum Gasteiger partial charge on any atom is 0.350 e. The smallest absolute Gasteiger partial charge is 0.350 e. The van der Waals surface area contributed by atoms with Gasteiger partial charge in [0.2, 0.25) is 11.4 Å². The van der Waals surface area contributed by atoms with Crippen LogP contribution in [0.5, 0.6) is 0 Å². The second-order valence-corrected chi connectivity index (χ2v) is 10.6. The van der Waals surface area contributed by atoms with Crippen LogP contribution in [0.15, 0.2) is 45.7 Å². The molecule has 1 aliphatic carbocycles. The van der Waals surface area contributed by atoms with E-state index < -0.39 is 0 Å². The lowest BCUT2D eigenvalue weighted by Crippen LogP contribution is -2.59. The zero-order valence-corrected chi connectivity index (χ0v) is 22.8. The van der Waals surface area contributed by atoms with E-state index in [0.29, 0.717) is 47.6 Å². The molecule has 0 radical (unpaired) electrons. The molecule has 0 amide bonds. The van der Waals surface area contributed by atoms with E-state index in [1.165, 1.54) is 16.7 Å². The first-order valence-electron chi connectivity index (χ1n) is 13.8. The molecule has 6 rings (SSSR count). The molecular formula is C29H31FN8O2. The lowest BCUT2D eigenvalue weighted by molar-refractivity contribution is 0.105. The van der Waals surface area contributed by atoms with Crippen LogP contribution in [-0.4, -0.2) is 54.7 Å². The van der Waals surface area contributed by atoms with Gasteiger partial charge in [0.15, 0.2) is 11.6 Å². The quantitative estimate of drug-likeness (QED) is 0.309. The third-order valence-corrected chi connectivity index (χ3v) is 8.13. The SMILES string of the molecule is [C-]#[N+]c1ccc2c(n1)c(N1C[C@@H](CC)N(C(c3ccc(F)cc3)c3noc(C4CC4)n3)C[C@@H]1CC)nc(=O)n2C. The Balaban J connectivity index is 1.43. The highest BCUT2D eigenvalue weighted by atomic mass is 19.1. The molecule has 2 fully saturated rings. The largest absolute Gasteiger partial charge is 0.361 e. The number of aryl methyl sites for hydroxylation is 1. The molecule has 40 heavy (non-hydrogen) atoms. The Hall–Kier alpha value is -4.17. The van der Waals surface area contributed by atoms with Crippen molar-refractivity contribution >= 4 is 22.7 Å². The summed E-state index contributed by atoms with van der Waals surface area (Å²) in [5.41, 5.74) is 1.71. The van der Waals surface area contributed by atoms with Crippen molar-refractivity contribution in [1.82, 2.24) is 29.6 Å². The van der Waals surface area contributed by atoms with Gasteiger partial charge in [-0.05, 0) is 55.5 Å². The summed E-state index contributed by atoms with van der Waals surface area (Å²) in [4.78, 5) is 34.8. The van der Waals surface area contributed by atoms with E-state index in [-0.39, 0.29) is 35.5 Å².